The van der Waals surface area contributed by atoms with E-state index in [1.54, 1.807) is 0 Å². The number of hydrogen-bond acceptors (Lipinski definition) is 3. The van der Waals surface area contributed by atoms with Crippen molar-refractivity contribution in [3.63, 3.8) is 0 Å². The van der Waals surface area contributed by atoms with Crippen LogP contribution < -0.4 is 5.32 Å². The summed E-state index contributed by atoms with van der Waals surface area (Å²) >= 11 is 3.06. The van der Waals surface area contributed by atoms with Crippen molar-refractivity contribution in [1.82, 2.24) is 0 Å². The number of anilines is 2. The van der Waals surface area contributed by atoms with Crippen LogP contribution in [-0.2, 0) is 0 Å². The largest absolute Gasteiger partial charge is 0.347 e. The Hall–Kier alpha value is -2.09. The van der Waals surface area contributed by atoms with Crippen molar-refractivity contribution in [3.8, 4) is 0 Å². The van der Waals surface area contributed by atoms with E-state index in [0.29, 0.717) is 16.6 Å². The average Bonchev–Trinajstić information content (AvgIpc) is 2.37. The third-order valence-electron chi connectivity index (χ3n) is 2.42. The second-order valence-electron chi connectivity index (χ2n) is 3.79. The molecule has 0 bridgehead atoms. The number of nitro benzene ring substituents is 1. The Bertz CT molecular complexity index is 695. The maximum absolute atomic E-state index is 13.5. The maximum Gasteiger partial charge on any atom is 0.293 e. The summed E-state index contributed by atoms with van der Waals surface area (Å²) in [4.78, 5) is 10.2. The molecular formula is C12H6BrF3N2O2. The summed E-state index contributed by atoms with van der Waals surface area (Å²) in [5.74, 6) is -3.69. The van der Waals surface area contributed by atoms with Crippen LogP contribution in [0.1, 0.15) is 0 Å². The zero-order chi connectivity index (χ0) is 14.9. The summed E-state index contributed by atoms with van der Waals surface area (Å²) in [6, 6.07) is 5.06. The number of rotatable bonds is 3. The molecule has 2 rings (SSSR count). The van der Waals surface area contributed by atoms with Gasteiger partial charge in [0.1, 0.15) is 11.5 Å². The molecule has 0 aromatic heterocycles. The van der Waals surface area contributed by atoms with Gasteiger partial charge >= 0.3 is 0 Å². The Morgan fingerprint density at radius 2 is 1.80 bits per heavy atom. The zero-order valence-corrected chi connectivity index (χ0v) is 11.2. The molecule has 0 saturated carbocycles. The van der Waals surface area contributed by atoms with E-state index >= 15 is 0 Å². The highest BCUT2D eigenvalue weighted by Gasteiger charge is 2.17. The highest BCUT2D eigenvalue weighted by molar-refractivity contribution is 9.10. The van der Waals surface area contributed by atoms with Gasteiger partial charge in [-0.25, -0.2) is 13.2 Å². The molecule has 2 aromatic rings. The van der Waals surface area contributed by atoms with Gasteiger partial charge in [-0.15, -0.1) is 0 Å². The number of halogens is 4. The van der Waals surface area contributed by atoms with Gasteiger partial charge in [0.15, 0.2) is 11.6 Å². The Morgan fingerprint density at radius 1 is 1.10 bits per heavy atom. The Balaban J connectivity index is 2.48. The lowest BCUT2D eigenvalue weighted by Crippen LogP contribution is -2.01. The van der Waals surface area contributed by atoms with Crippen molar-refractivity contribution in [2.24, 2.45) is 0 Å². The van der Waals surface area contributed by atoms with E-state index in [1.807, 2.05) is 0 Å². The summed E-state index contributed by atoms with van der Waals surface area (Å²) in [5, 5.41) is 13.2. The monoisotopic (exact) mass is 346 g/mol. The van der Waals surface area contributed by atoms with E-state index in [9.17, 15) is 23.3 Å². The Labute approximate surface area is 119 Å². The first-order valence-electron chi connectivity index (χ1n) is 5.24. The second kappa shape index (κ2) is 5.49. The number of nitrogens with zero attached hydrogens (tertiary/aromatic N) is 1. The molecule has 0 fully saturated rings. The second-order valence-corrected chi connectivity index (χ2v) is 4.71. The van der Waals surface area contributed by atoms with E-state index in [-0.39, 0.29) is 11.4 Å². The van der Waals surface area contributed by atoms with E-state index in [1.165, 1.54) is 18.2 Å². The van der Waals surface area contributed by atoms with Crippen molar-refractivity contribution in [2.45, 2.75) is 0 Å². The van der Waals surface area contributed by atoms with E-state index in [0.717, 1.165) is 0 Å². The van der Waals surface area contributed by atoms with Crippen LogP contribution in [0.5, 0.6) is 0 Å². The van der Waals surface area contributed by atoms with Crippen molar-refractivity contribution in [2.75, 3.05) is 5.32 Å². The lowest BCUT2D eigenvalue weighted by atomic mass is 10.2. The zero-order valence-electron chi connectivity index (χ0n) is 9.66. The summed E-state index contributed by atoms with van der Waals surface area (Å²) in [7, 11) is 0. The SMILES string of the molecule is O=[N+]([O-])c1cc(Br)ccc1Nc1cc(F)cc(F)c1F. The van der Waals surface area contributed by atoms with Crippen LogP contribution in [0.3, 0.4) is 0 Å². The van der Waals surface area contributed by atoms with Crippen LogP contribution >= 0.6 is 15.9 Å². The smallest absolute Gasteiger partial charge is 0.293 e. The molecule has 20 heavy (non-hydrogen) atoms. The predicted molar refractivity (Wildman–Crippen MR) is 70.4 cm³/mol. The van der Waals surface area contributed by atoms with Crippen LogP contribution in [0.15, 0.2) is 34.8 Å². The van der Waals surface area contributed by atoms with Crippen LogP contribution in [0.25, 0.3) is 0 Å². The van der Waals surface area contributed by atoms with E-state index in [4.69, 9.17) is 0 Å². The highest BCUT2D eigenvalue weighted by atomic mass is 79.9. The standard InChI is InChI=1S/C12H6BrF3N2O2/c13-6-1-2-9(11(3-6)18(19)20)17-10-5-7(14)4-8(15)12(10)16/h1-5,17H. The molecule has 0 amide bonds. The lowest BCUT2D eigenvalue weighted by molar-refractivity contribution is -0.384. The fourth-order valence-corrected chi connectivity index (χ4v) is 1.90. The molecule has 0 atom stereocenters. The summed E-state index contributed by atoms with van der Waals surface area (Å²) < 4.78 is 40.1. The van der Waals surface area contributed by atoms with Gasteiger partial charge in [-0.1, -0.05) is 15.9 Å². The summed E-state index contributed by atoms with van der Waals surface area (Å²) in [5.41, 5.74) is -0.960. The van der Waals surface area contributed by atoms with Gasteiger partial charge in [0.2, 0.25) is 0 Å². The minimum absolute atomic E-state index is 0.0814. The molecule has 0 aliphatic carbocycles. The van der Waals surface area contributed by atoms with Gasteiger partial charge < -0.3 is 5.32 Å². The van der Waals surface area contributed by atoms with E-state index < -0.39 is 28.1 Å². The Kier molecular flexibility index (Phi) is 3.93. The first-order chi connectivity index (χ1) is 9.38. The molecule has 1 N–H and O–H groups in total. The minimum Gasteiger partial charge on any atom is -0.347 e. The average molecular weight is 347 g/mol. The molecule has 0 saturated heterocycles. The molecule has 2 aromatic carbocycles. The molecule has 0 spiro atoms. The fraction of sp³-hybridized carbons (Fsp3) is 0. The molecule has 0 unspecified atom stereocenters. The molecule has 4 nitrogen and oxygen atoms in total. The minimum atomic E-state index is -1.38. The van der Waals surface area contributed by atoms with Crippen molar-refractivity contribution >= 4 is 33.0 Å². The third kappa shape index (κ3) is 2.90. The van der Waals surface area contributed by atoms with Gasteiger partial charge in [-0.05, 0) is 12.1 Å². The van der Waals surface area contributed by atoms with Crippen LogP contribution in [-0.4, -0.2) is 4.92 Å². The number of nitro groups is 1. The first kappa shape index (κ1) is 14.3. The molecule has 0 radical (unpaired) electrons. The van der Waals surface area contributed by atoms with Gasteiger partial charge in [0, 0.05) is 22.7 Å². The fourth-order valence-electron chi connectivity index (χ4n) is 1.55. The number of hydrogen-bond donors (Lipinski definition) is 1. The van der Waals surface area contributed by atoms with Gasteiger partial charge in [0.25, 0.3) is 5.69 Å². The Morgan fingerprint density at radius 3 is 2.45 bits per heavy atom. The normalized spacial score (nSPS) is 10.4. The summed E-state index contributed by atoms with van der Waals surface area (Å²) in [6.45, 7) is 0. The predicted octanol–water partition coefficient (Wildman–Crippen LogP) is 4.52. The quantitative estimate of drug-likeness (QED) is 0.505. The van der Waals surface area contributed by atoms with Gasteiger partial charge in [-0.3, -0.25) is 10.1 Å². The van der Waals surface area contributed by atoms with Gasteiger partial charge in [-0.2, -0.15) is 0 Å². The van der Waals surface area contributed by atoms with Crippen LogP contribution in [0.2, 0.25) is 0 Å². The number of benzene rings is 2. The van der Waals surface area contributed by atoms with Crippen molar-refractivity contribution in [3.05, 3.63) is 62.4 Å². The first-order valence-corrected chi connectivity index (χ1v) is 6.03. The van der Waals surface area contributed by atoms with Gasteiger partial charge in [0.05, 0.1) is 10.6 Å². The third-order valence-corrected chi connectivity index (χ3v) is 2.91. The topological polar surface area (TPSA) is 55.2 Å². The maximum atomic E-state index is 13.5. The van der Waals surface area contributed by atoms with Crippen LogP contribution in [0, 0.1) is 27.6 Å². The highest BCUT2D eigenvalue weighted by Crippen LogP contribution is 2.32. The van der Waals surface area contributed by atoms with Crippen LogP contribution in [0.4, 0.5) is 30.2 Å². The lowest BCUT2D eigenvalue weighted by Gasteiger charge is -2.09. The van der Waals surface area contributed by atoms with E-state index in [2.05, 4.69) is 21.2 Å². The number of nitrogens with one attached hydrogen (secondary N) is 1. The molecule has 0 aliphatic rings. The molecule has 0 aliphatic heterocycles. The molecule has 8 heteroatoms. The molecular weight excluding hydrogens is 341 g/mol. The molecule has 104 valence electrons. The molecule has 0 heterocycles. The van der Waals surface area contributed by atoms with Crippen molar-refractivity contribution in [1.29, 1.82) is 0 Å². The van der Waals surface area contributed by atoms with Crippen molar-refractivity contribution < 1.29 is 18.1 Å². The summed E-state index contributed by atoms with van der Waals surface area (Å²) in [6.07, 6.45) is 0.